The normalized spacial score (nSPS) is 12.9. The first kappa shape index (κ1) is 15.7. The molecule has 0 radical (unpaired) electrons. The number of sulfonamides is 1. The van der Waals surface area contributed by atoms with Gasteiger partial charge in [-0.2, -0.15) is 4.72 Å². The van der Waals surface area contributed by atoms with Crippen LogP contribution in [0.15, 0.2) is 41.3 Å². The number of carboxylic acid groups (broad SMARTS) is 1. The average Bonchev–Trinajstić information content (AvgIpc) is 2.27. The quantitative estimate of drug-likeness (QED) is 0.788. The molecule has 7 heteroatoms. The van der Waals surface area contributed by atoms with Crippen molar-refractivity contribution in [1.29, 1.82) is 0 Å². The molecule has 0 aliphatic rings. The summed E-state index contributed by atoms with van der Waals surface area (Å²) in [4.78, 5) is 11.0. The van der Waals surface area contributed by atoms with Crippen LogP contribution in [-0.4, -0.2) is 25.5 Å². The first-order valence-corrected chi connectivity index (χ1v) is 7.23. The van der Waals surface area contributed by atoms with E-state index in [4.69, 9.17) is 16.7 Å². The highest BCUT2D eigenvalue weighted by Crippen LogP contribution is 2.15. The molecule has 0 amide bonds. The second kappa shape index (κ2) is 6.18. The van der Waals surface area contributed by atoms with Crippen LogP contribution < -0.4 is 4.72 Å². The highest BCUT2D eigenvalue weighted by atomic mass is 35.5. The average molecular weight is 304 g/mol. The second-order valence-electron chi connectivity index (χ2n) is 4.13. The molecule has 0 fully saturated rings. The van der Waals surface area contributed by atoms with Crippen LogP contribution in [-0.2, 0) is 14.8 Å². The highest BCUT2D eigenvalue weighted by molar-refractivity contribution is 7.89. The molecule has 0 spiro atoms. The molecule has 0 heterocycles. The molecule has 2 N–H and O–H groups in total. The number of hydrogen-bond acceptors (Lipinski definition) is 3. The number of carbonyl (C=O) groups is 1. The summed E-state index contributed by atoms with van der Waals surface area (Å²) in [7, 11) is -3.90. The van der Waals surface area contributed by atoms with E-state index >= 15 is 0 Å². The maximum absolute atomic E-state index is 12.0. The van der Waals surface area contributed by atoms with Crippen LogP contribution in [0.4, 0.5) is 0 Å². The summed E-state index contributed by atoms with van der Waals surface area (Å²) in [6, 6.07) is 4.22. The van der Waals surface area contributed by atoms with E-state index in [2.05, 4.69) is 11.3 Å². The van der Waals surface area contributed by atoms with E-state index in [1.165, 1.54) is 24.3 Å². The fraction of sp³-hybridized carbons (Fsp3) is 0.250. The van der Waals surface area contributed by atoms with Crippen molar-refractivity contribution in [2.75, 3.05) is 0 Å². The van der Waals surface area contributed by atoms with Gasteiger partial charge in [0.05, 0.1) is 4.90 Å². The van der Waals surface area contributed by atoms with E-state index in [0.29, 0.717) is 10.6 Å². The summed E-state index contributed by atoms with van der Waals surface area (Å²) < 4.78 is 26.1. The predicted molar refractivity (Wildman–Crippen MR) is 72.6 cm³/mol. The zero-order valence-corrected chi connectivity index (χ0v) is 11.8. The molecule has 1 rings (SSSR count). The smallest absolute Gasteiger partial charge is 0.322 e. The van der Waals surface area contributed by atoms with Crippen LogP contribution in [0.1, 0.15) is 13.3 Å². The third-order valence-corrected chi connectivity index (χ3v) is 4.01. The molecule has 0 aliphatic carbocycles. The Hall–Kier alpha value is -1.37. The molecule has 0 saturated carbocycles. The molecular formula is C12H14ClNO4S. The molecule has 0 aliphatic heterocycles. The topological polar surface area (TPSA) is 83.5 Å². The fourth-order valence-corrected chi connectivity index (χ4v) is 2.71. The van der Waals surface area contributed by atoms with Gasteiger partial charge in [0.1, 0.15) is 6.04 Å². The van der Waals surface area contributed by atoms with E-state index in [1.807, 2.05) is 0 Å². The summed E-state index contributed by atoms with van der Waals surface area (Å²) in [5, 5.41) is 9.39. The zero-order valence-electron chi connectivity index (χ0n) is 10.3. The standard InChI is InChI=1S/C12H14ClNO4S/c1-8(2)7-11(12(15)16)14-19(17,18)10-5-3-9(13)4-6-10/h3-6,11,14H,1,7H2,2H3,(H,15,16). The number of benzene rings is 1. The molecule has 0 saturated heterocycles. The van der Waals surface area contributed by atoms with Crippen molar-refractivity contribution in [1.82, 2.24) is 4.72 Å². The molecule has 0 aromatic heterocycles. The Kier molecular flexibility index (Phi) is 5.11. The van der Waals surface area contributed by atoms with Gasteiger partial charge in [-0.15, -0.1) is 6.58 Å². The lowest BCUT2D eigenvalue weighted by atomic mass is 10.1. The van der Waals surface area contributed by atoms with Gasteiger partial charge >= 0.3 is 5.97 Å². The SMILES string of the molecule is C=C(C)CC(NS(=O)(=O)c1ccc(Cl)cc1)C(=O)O. The van der Waals surface area contributed by atoms with Crippen LogP contribution in [0, 0.1) is 0 Å². The minimum atomic E-state index is -3.90. The summed E-state index contributed by atoms with van der Waals surface area (Å²) in [6.45, 7) is 5.21. The van der Waals surface area contributed by atoms with Crippen LogP contribution >= 0.6 is 11.6 Å². The van der Waals surface area contributed by atoms with E-state index in [0.717, 1.165) is 0 Å². The summed E-state index contributed by atoms with van der Waals surface area (Å²) in [5.41, 5.74) is 0.575. The molecular weight excluding hydrogens is 290 g/mol. The van der Waals surface area contributed by atoms with Crippen molar-refractivity contribution in [2.45, 2.75) is 24.3 Å². The third-order valence-electron chi connectivity index (χ3n) is 2.27. The summed E-state index contributed by atoms with van der Waals surface area (Å²) in [5.74, 6) is -1.25. The number of nitrogens with one attached hydrogen (secondary N) is 1. The Morgan fingerprint density at radius 2 is 1.95 bits per heavy atom. The third kappa shape index (κ3) is 4.66. The molecule has 104 valence electrons. The lowest BCUT2D eigenvalue weighted by molar-refractivity contribution is -0.138. The number of hydrogen-bond donors (Lipinski definition) is 2. The van der Waals surface area contributed by atoms with Gasteiger partial charge in [0.15, 0.2) is 0 Å². The van der Waals surface area contributed by atoms with Crippen LogP contribution in [0.2, 0.25) is 5.02 Å². The number of halogens is 1. The van der Waals surface area contributed by atoms with Crippen molar-refractivity contribution < 1.29 is 18.3 Å². The van der Waals surface area contributed by atoms with Crippen LogP contribution in [0.25, 0.3) is 0 Å². The summed E-state index contributed by atoms with van der Waals surface area (Å²) >= 11 is 5.67. The van der Waals surface area contributed by atoms with Gasteiger partial charge in [-0.25, -0.2) is 8.42 Å². The number of aliphatic carboxylic acids is 1. The Bertz CT molecular complexity index is 580. The van der Waals surface area contributed by atoms with Gasteiger partial charge in [0.25, 0.3) is 0 Å². The van der Waals surface area contributed by atoms with Crippen LogP contribution in [0.3, 0.4) is 0 Å². The van der Waals surface area contributed by atoms with E-state index in [-0.39, 0.29) is 11.3 Å². The minimum absolute atomic E-state index is 0.0299. The first-order chi connectivity index (χ1) is 8.72. The van der Waals surface area contributed by atoms with Crippen molar-refractivity contribution >= 4 is 27.6 Å². The minimum Gasteiger partial charge on any atom is -0.480 e. The molecule has 5 nitrogen and oxygen atoms in total. The lowest BCUT2D eigenvalue weighted by Crippen LogP contribution is -2.40. The van der Waals surface area contributed by atoms with Gasteiger partial charge in [-0.1, -0.05) is 17.2 Å². The van der Waals surface area contributed by atoms with Gasteiger partial charge in [0, 0.05) is 5.02 Å². The highest BCUT2D eigenvalue weighted by Gasteiger charge is 2.25. The zero-order chi connectivity index (χ0) is 14.6. The Balaban J connectivity index is 2.97. The van der Waals surface area contributed by atoms with Crippen molar-refractivity contribution in [2.24, 2.45) is 0 Å². The van der Waals surface area contributed by atoms with Crippen molar-refractivity contribution in [3.63, 3.8) is 0 Å². The van der Waals surface area contributed by atoms with E-state index < -0.39 is 22.0 Å². The molecule has 1 aromatic rings. The summed E-state index contributed by atoms with van der Waals surface area (Å²) in [6.07, 6.45) is 0.0299. The Morgan fingerprint density at radius 3 is 2.37 bits per heavy atom. The second-order valence-corrected chi connectivity index (χ2v) is 6.28. The molecule has 1 unspecified atom stereocenters. The molecule has 1 atom stereocenters. The largest absolute Gasteiger partial charge is 0.480 e. The fourth-order valence-electron chi connectivity index (χ4n) is 1.40. The molecule has 1 aromatic carbocycles. The van der Waals surface area contributed by atoms with E-state index in [1.54, 1.807) is 6.92 Å². The predicted octanol–water partition coefficient (Wildman–Crippen LogP) is 2.04. The Morgan fingerprint density at radius 1 is 1.42 bits per heavy atom. The molecule has 19 heavy (non-hydrogen) atoms. The van der Waals surface area contributed by atoms with Crippen molar-refractivity contribution in [3.8, 4) is 0 Å². The number of rotatable bonds is 6. The lowest BCUT2D eigenvalue weighted by Gasteiger charge is -2.14. The first-order valence-electron chi connectivity index (χ1n) is 5.37. The Labute approximate surface area is 117 Å². The molecule has 0 bridgehead atoms. The van der Waals surface area contributed by atoms with E-state index in [9.17, 15) is 13.2 Å². The van der Waals surface area contributed by atoms with Crippen LogP contribution in [0.5, 0.6) is 0 Å². The van der Waals surface area contributed by atoms with Crippen molar-refractivity contribution in [3.05, 3.63) is 41.4 Å². The van der Waals surface area contributed by atoms with Gasteiger partial charge in [-0.3, -0.25) is 4.79 Å². The maximum atomic E-state index is 12.0. The number of carboxylic acids is 1. The monoisotopic (exact) mass is 303 g/mol. The van der Waals surface area contributed by atoms with Gasteiger partial charge in [0.2, 0.25) is 10.0 Å². The van der Waals surface area contributed by atoms with Gasteiger partial charge in [-0.05, 0) is 37.6 Å². The maximum Gasteiger partial charge on any atom is 0.322 e. The van der Waals surface area contributed by atoms with Gasteiger partial charge < -0.3 is 5.11 Å².